The van der Waals surface area contributed by atoms with Crippen molar-refractivity contribution in [2.45, 2.75) is 0 Å². The summed E-state index contributed by atoms with van der Waals surface area (Å²) in [4.78, 5) is 6.42. The molecule has 1 heterocycles. The van der Waals surface area contributed by atoms with Gasteiger partial charge in [-0.25, -0.2) is 4.98 Å². The fourth-order valence-electron chi connectivity index (χ4n) is 0.926. The zero-order chi connectivity index (χ0) is 10.8. The van der Waals surface area contributed by atoms with Crippen LogP contribution < -0.4 is 0 Å². The van der Waals surface area contributed by atoms with Gasteiger partial charge in [0, 0.05) is 12.4 Å². The lowest BCUT2D eigenvalue weighted by Crippen LogP contribution is -1.69. The van der Waals surface area contributed by atoms with Crippen molar-refractivity contribution in [3.63, 3.8) is 0 Å². The van der Waals surface area contributed by atoms with Gasteiger partial charge in [0.1, 0.15) is 0 Å². The summed E-state index contributed by atoms with van der Waals surface area (Å²) in [6, 6.07) is 10.0. The standard InChI is InChI=1S/C9H10O.C3H4N2/c1-10-8-7-9-5-3-2-4-6-9;1-2-5-3-4-1/h2-8H,1H3;1-3H,(H,4,5). The molecule has 15 heavy (non-hydrogen) atoms. The van der Waals surface area contributed by atoms with Gasteiger partial charge in [-0.2, -0.15) is 0 Å². The van der Waals surface area contributed by atoms with Crippen LogP contribution in [0.2, 0.25) is 0 Å². The molecule has 3 heteroatoms. The number of hydrogen-bond donors (Lipinski definition) is 1. The number of nitrogens with one attached hydrogen (secondary N) is 1. The van der Waals surface area contributed by atoms with Gasteiger partial charge in [-0.15, -0.1) is 0 Å². The molecule has 0 saturated heterocycles. The molecule has 2 rings (SSSR count). The molecule has 0 radical (unpaired) electrons. The van der Waals surface area contributed by atoms with Gasteiger partial charge in [-0.05, 0) is 11.6 Å². The van der Waals surface area contributed by atoms with E-state index in [1.165, 1.54) is 0 Å². The summed E-state index contributed by atoms with van der Waals surface area (Å²) in [5.41, 5.74) is 1.16. The minimum Gasteiger partial charge on any atom is -0.504 e. The van der Waals surface area contributed by atoms with E-state index in [1.54, 1.807) is 32.1 Å². The van der Waals surface area contributed by atoms with Crippen LogP contribution in [0.3, 0.4) is 0 Å². The molecule has 0 fully saturated rings. The molecule has 0 atom stereocenters. The number of imidazole rings is 1. The van der Waals surface area contributed by atoms with Crippen molar-refractivity contribution >= 4 is 6.08 Å². The van der Waals surface area contributed by atoms with Gasteiger partial charge in [0.15, 0.2) is 0 Å². The van der Waals surface area contributed by atoms with E-state index in [2.05, 4.69) is 9.97 Å². The summed E-state index contributed by atoms with van der Waals surface area (Å²) in [6.07, 6.45) is 8.66. The smallest absolute Gasteiger partial charge is 0.0919 e. The van der Waals surface area contributed by atoms with Crippen LogP contribution in [0.25, 0.3) is 6.08 Å². The largest absolute Gasteiger partial charge is 0.504 e. The molecule has 0 bridgehead atoms. The van der Waals surface area contributed by atoms with Gasteiger partial charge in [0.25, 0.3) is 0 Å². The molecular weight excluding hydrogens is 188 g/mol. The molecule has 1 aromatic heterocycles. The first-order valence-electron chi connectivity index (χ1n) is 4.60. The maximum Gasteiger partial charge on any atom is 0.0919 e. The van der Waals surface area contributed by atoms with E-state index in [-0.39, 0.29) is 0 Å². The van der Waals surface area contributed by atoms with Crippen molar-refractivity contribution in [1.82, 2.24) is 9.97 Å². The zero-order valence-electron chi connectivity index (χ0n) is 8.63. The van der Waals surface area contributed by atoms with E-state index in [0.29, 0.717) is 0 Å². The minimum absolute atomic E-state index is 1.16. The Bertz CT molecular complexity index is 337. The number of hydrogen-bond acceptors (Lipinski definition) is 2. The number of benzene rings is 1. The number of rotatable bonds is 2. The van der Waals surface area contributed by atoms with Crippen LogP contribution in [0.1, 0.15) is 5.56 Å². The lowest BCUT2D eigenvalue weighted by Gasteiger charge is -1.89. The van der Waals surface area contributed by atoms with Crippen LogP contribution in [0.15, 0.2) is 55.3 Å². The quantitative estimate of drug-likeness (QED) is 0.760. The van der Waals surface area contributed by atoms with E-state index >= 15 is 0 Å². The maximum atomic E-state index is 4.77. The Kier molecular flexibility index (Phi) is 5.44. The third-order valence-corrected chi connectivity index (χ3v) is 1.60. The molecule has 0 aliphatic rings. The fraction of sp³-hybridized carbons (Fsp3) is 0.0833. The van der Waals surface area contributed by atoms with E-state index in [0.717, 1.165) is 5.56 Å². The highest BCUT2D eigenvalue weighted by molar-refractivity contribution is 5.47. The number of aromatic nitrogens is 2. The van der Waals surface area contributed by atoms with Crippen molar-refractivity contribution in [2.75, 3.05) is 7.11 Å². The van der Waals surface area contributed by atoms with Crippen molar-refractivity contribution in [3.8, 4) is 0 Å². The molecule has 0 spiro atoms. The first kappa shape index (κ1) is 11.0. The molecule has 1 N–H and O–H groups in total. The predicted molar refractivity (Wildman–Crippen MR) is 61.1 cm³/mol. The SMILES string of the molecule is COC=Cc1ccccc1.c1c[nH]cn1. The molecule has 3 nitrogen and oxygen atoms in total. The summed E-state index contributed by atoms with van der Waals surface area (Å²) >= 11 is 0. The van der Waals surface area contributed by atoms with Gasteiger partial charge in [0.2, 0.25) is 0 Å². The molecule has 78 valence electrons. The highest BCUT2D eigenvalue weighted by Crippen LogP contribution is 1.99. The minimum atomic E-state index is 1.16. The number of H-pyrrole nitrogens is 1. The van der Waals surface area contributed by atoms with E-state index in [4.69, 9.17) is 4.74 Å². The van der Waals surface area contributed by atoms with Crippen LogP contribution in [0, 0.1) is 0 Å². The molecule has 2 aromatic rings. The fourth-order valence-corrected chi connectivity index (χ4v) is 0.926. The highest BCUT2D eigenvalue weighted by Gasteiger charge is 1.79. The molecule has 0 unspecified atom stereocenters. The normalized spacial score (nSPS) is 9.40. The Morgan fingerprint density at radius 2 is 2.07 bits per heavy atom. The van der Waals surface area contributed by atoms with Crippen molar-refractivity contribution < 1.29 is 4.74 Å². The molecule has 1 aromatic carbocycles. The van der Waals surface area contributed by atoms with Crippen LogP contribution >= 0.6 is 0 Å². The van der Waals surface area contributed by atoms with E-state index in [9.17, 15) is 0 Å². The first-order valence-corrected chi connectivity index (χ1v) is 4.60. The molecule has 0 amide bonds. The van der Waals surface area contributed by atoms with Gasteiger partial charge < -0.3 is 9.72 Å². The number of nitrogens with zero attached hydrogens (tertiary/aromatic N) is 1. The summed E-state index contributed by atoms with van der Waals surface area (Å²) in [6.45, 7) is 0. The zero-order valence-corrected chi connectivity index (χ0v) is 8.63. The Hall–Kier alpha value is -2.03. The summed E-state index contributed by atoms with van der Waals surface area (Å²) < 4.78 is 4.77. The average Bonchev–Trinajstić information content (AvgIpc) is 2.86. The van der Waals surface area contributed by atoms with Crippen LogP contribution in [-0.2, 0) is 4.74 Å². The first-order chi connectivity index (χ1) is 7.43. The second kappa shape index (κ2) is 7.38. The van der Waals surface area contributed by atoms with Crippen molar-refractivity contribution in [1.29, 1.82) is 0 Å². The predicted octanol–water partition coefficient (Wildman–Crippen LogP) is 2.71. The van der Waals surface area contributed by atoms with Crippen LogP contribution in [-0.4, -0.2) is 17.1 Å². The van der Waals surface area contributed by atoms with Crippen molar-refractivity contribution in [3.05, 3.63) is 60.9 Å². The van der Waals surface area contributed by atoms with Gasteiger partial charge in [0.05, 0.1) is 19.7 Å². The average molecular weight is 202 g/mol. The summed E-state index contributed by atoms with van der Waals surface area (Å²) in [5.74, 6) is 0. The van der Waals surface area contributed by atoms with Crippen LogP contribution in [0.5, 0.6) is 0 Å². The Labute approximate surface area is 89.4 Å². The second-order valence-electron chi connectivity index (χ2n) is 2.71. The third-order valence-electron chi connectivity index (χ3n) is 1.60. The Morgan fingerprint density at radius 3 is 2.53 bits per heavy atom. The third kappa shape index (κ3) is 5.31. The monoisotopic (exact) mass is 202 g/mol. The van der Waals surface area contributed by atoms with E-state index in [1.807, 2.05) is 36.4 Å². The molecule has 0 aliphatic heterocycles. The lowest BCUT2D eigenvalue weighted by molar-refractivity contribution is 0.341. The summed E-state index contributed by atoms with van der Waals surface area (Å²) in [5, 5.41) is 0. The Morgan fingerprint density at radius 1 is 1.27 bits per heavy atom. The van der Waals surface area contributed by atoms with Crippen LogP contribution in [0.4, 0.5) is 0 Å². The van der Waals surface area contributed by atoms with E-state index < -0.39 is 0 Å². The lowest BCUT2D eigenvalue weighted by atomic mass is 10.2. The number of ether oxygens (including phenoxy) is 1. The van der Waals surface area contributed by atoms with Gasteiger partial charge in [-0.3, -0.25) is 0 Å². The molecule has 0 aliphatic carbocycles. The maximum absolute atomic E-state index is 4.77. The highest BCUT2D eigenvalue weighted by atomic mass is 16.5. The topological polar surface area (TPSA) is 37.9 Å². The summed E-state index contributed by atoms with van der Waals surface area (Å²) in [7, 11) is 1.64. The second-order valence-corrected chi connectivity index (χ2v) is 2.71. The molecular formula is C12H14N2O. The number of aromatic amines is 1. The van der Waals surface area contributed by atoms with Crippen molar-refractivity contribution in [2.24, 2.45) is 0 Å². The van der Waals surface area contributed by atoms with Gasteiger partial charge in [-0.1, -0.05) is 30.3 Å². The molecule has 0 saturated carbocycles. The van der Waals surface area contributed by atoms with Gasteiger partial charge >= 0.3 is 0 Å². The number of methoxy groups -OCH3 is 1. The Balaban J connectivity index is 0.000000187.